The summed E-state index contributed by atoms with van der Waals surface area (Å²) in [7, 11) is 0. The molecule has 0 bridgehead atoms. The van der Waals surface area contributed by atoms with Crippen molar-refractivity contribution in [3.63, 3.8) is 0 Å². The number of thiazole rings is 1. The summed E-state index contributed by atoms with van der Waals surface area (Å²) in [6.07, 6.45) is 0. The molecule has 1 rings (SSSR count). The second-order valence-corrected chi connectivity index (χ2v) is 3.96. The van der Waals surface area contributed by atoms with E-state index in [-0.39, 0.29) is 5.91 Å². The number of aromatic nitrogens is 1. The van der Waals surface area contributed by atoms with Gasteiger partial charge in [0.1, 0.15) is 0 Å². The van der Waals surface area contributed by atoms with Crippen LogP contribution in [0.15, 0.2) is 5.51 Å². The summed E-state index contributed by atoms with van der Waals surface area (Å²) in [5.41, 5.74) is 2.93. The summed E-state index contributed by atoms with van der Waals surface area (Å²) < 4.78 is 0. The molecule has 14 heavy (non-hydrogen) atoms. The zero-order chi connectivity index (χ0) is 10.4. The number of nitrogens with zero attached hydrogens (tertiary/aromatic N) is 1. The number of carbonyl (C=O) groups excluding carboxylic acids is 1. The Labute approximate surface area is 87.7 Å². The van der Waals surface area contributed by atoms with Crippen LogP contribution < -0.4 is 10.6 Å². The first kappa shape index (κ1) is 11.1. The van der Waals surface area contributed by atoms with Gasteiger partial charge in [-0.1, -0.05) is 0 Å². The number of carbonyl (C=O) groups is 1. The summed E-state index contributed by atoms with van der Waals surface area (Å²) >= 11 is 1.65. The first-order valence-corrected chi connectivity index (χ1v) is 5.42. The van der Waals surface area contributed by atoms with Crippen molar-refractivity contribution in [2.24, 2.45) is 0 Å². The lowest BCUT2D eigenvalue weighted by Gasteiger charge is -2.03. The average molecular weight is 213 g/mol. The molecular formula is C9H15N3OS. The SMILES string of the molecule is CC(=O)NCCNCc1scnc1C. The van der Waals surface area contributed by atoms with Crippen molar-refractivity contribution in [2.45, 2.75) is 20.4 Å². The molecule has 1 heterocycles. The smallest absolute Gasteiger partial charge is 0.216 e. The minimum absolute atomic E-state index is 0.0146. The van der Waals surface area contributed by atoms with Gasteiger partial charge >= 0.3 is 0 Å². The molecule has 0 saturated carbocycles. The number of rotatable bonds is 5. The van der Waals surface area contributed by atoms with Crippen LogP contribution in [0.1, 0.15) is 17.5 Å². The van der Waals surface area contributed by atoms with E-state index in [9.17, 15) is 4.79 Å². The Balaban J connectivity index is 2.10. The molecule has 0 fully saturated rings. The molecule has 0 saturated heterocycles. The van der Waals surface area contributed by atoms with Crippen molar-refractivity contribution in [3.05, 3.63) is 16.1 Å². The molecule has 0 unspecified atom stereocenters. The standard InChI is InChI=1S/C9H15N3OS/c1-7-9(14-6-12-7)5-10-3-4-11-8(2)13/h6,10H,3-5H2,1-2H3,(H,11,13). The molecule has 0 aliphatic heterocycles. The van der Waals surface area contributed by atoms with Gasteiger partial charge in [0, 0.05) is 31.4 Å². The van der Waals surface area contributed by atoms with E-state index in [2.05, 4.69) is 15.6 Å². The predicted molar refractivity (Wildman–Crippen MR) is 57.2 cm³/mol. The van der Waals surface area contributed by atoms with E-state index < -0.39 is 0 Å². The number of hydrogen-bond donors (Lipinski definition) is 2. The summed E-state index contributed by atoms with van der Waals surface area (Å²) in [6.45, 7) is 5.81. The predicted octanol–water partition coefficient (Wildman–Crippen LogP) is 0.677. The zero-order valence-corrected chi connectivity index (χ0v) is 9.28. The summed E-state index contributed by atoms with van der Waals surface area (Å²) in [6, 6.07) is 0. The molecule has 2 N–H and O–H groups in total. The van der Waals surface area contributed by atoms with E-state index in [1.54, 1.807) is 11.3 Å². The number of amides is 1. The summed E-state index contributed by atoms with van der Waals surface area (Å²) in [5, 5.41) is 5.97. The normalized spacial score (nSPS) is 10.1. The Morgan fingerprint density at radius 1 is 1.57 bits per heavy atom. The minimum atomic E-state index is 0.0146. The van der Waals surface area contributed by atoms with Crippen LogP contribution in [0.2, 0.25) is 0 Å². The molecule has 0 spiro atoms. The zero-order valence-electron chi connectivity index (χ0n) is 8.46. The van der Waals surface area contributed by atoms with E-state index >= 15 is 0 Å². The van der Waals surface area contributed by atoms with Gasteiger partial charge in [-0.05, 0) is 6.92 Å². The Morgan fingerprint density at radius 2 is 2.36 bits per heavy atom. The average Bonchev–Trinajstić information content (AvgIpc) is 2.51. The number of hydrogen-bond acceptors (Lipinski definition) is 4. The molecule has 1 aromatic rings. The Bertz CT molecular complexity index is 298. The van der Waals surface area contributed by atoms with Crippen molar-refractivity contribution >= 4 is 17.2 Å². The minimum Gasteiger partial charge on any atom is -0.355 e. The molecule has 0 atom stereocenters. The molecule has 0 aliphatic rings. The molecular weight excluding hydrogens is 198 g/mol. The number of nitrogens with one attached hydrogen (secondary N) is 2. The fraction of sp³-hybridized carbons (Fsp3) is 0.556. The molecule has 4 nitrogen and oxygen atoms in total. The van der Waals surface area contributed by atoms with E-state index in [0.29, 0.717) is 6.54 Å². The third-order valence-electron chi connectivity index (χ3n) is 1.81. The van der Waals surface area contributed by atoms with E-state index in [4.69, 9.17) is 0 Å². The van der Waals surface area contributed by atoms with Crippen LogP contribution in [0.3, 0.4) is 0 Å². The van der Waals surface area contributed by atoms with Crippen LogP contribution in [0, 0.1) is 6.92 Å². The highest BCUT2D eigenvalue weighted by molar-refractivity contribution is 7.09. The van der Waals surface area contributed by atoms with Crippen molar-refractivity contribution in [1.29, 1.82) is 0 Å². The van der Waals surface area contributed by atoms with Crippen LogP contribution >= 0.6 is 11.3 Å². The molecule has 5 heteroatoms. The van der Waals surface area contributed by atoms with Crippen LogP contribution in [-0.4, -0.2) is 24.0 Å². The van der Waals surface area contributed by atoms with Gasteiger partial charge < -0.3 is 10.6 Å². The van der Waals surface area contributed by atoms with Gasteiger partial charge in [0.15, 0.2) is 0 Å². The van der Waals surface area contributed by atoms with Gasteiger partial charge in [-0.25, -0.2) is 4.98 Å². The highest BCUT2D eigenvalue weighted by Crippen LogP contribution is 2.10. The van der Waals surface area contributed by atoms with Gasteiger partial charge in [-0.15, -0.1) is 11.3 Å². The first-order valence-electron chi connectivity index (χ1n) is 4.54. The van der Waals surface area contributed by atoms with Crippen LogP contribution in [0.4, 0.5) is 0 Å². The fourth-order valence-corrected chi connectivity index (χ4v) is 1.77. The van der Waals surface area contributed by atoms with Crippen molar-refractivity contribution in [3.8, 4) is 0 Å². The Kier molecular flexibility index (Phi) is 4.55. The second-order valence-electron chi connectivity index (χ2n) is 3.02. The van der Waals surface area contributed by atoms with E-state index in [1.165, 1.54) is 11.8 Å². The largest absolute Gasteiger partial charge is 0.355 e. The second kappa shape index (κ2) is 5.72. The summed E-state index contributed by atoms with van der Waals surface area (Å²) in [4.78, 5) is 16.0. The van der Waals surface area contributed by atoms with Gasteiger partial charge in [0.2, 0.25) is 5.91 Å². The van der Waals surface area contributed by atoms with Gasteiger partial charge in [0.25, 0.3) is 0 Å². The van der Waals surface area contributed by atoms with Gasteiger partial charge in [-0.3, -0.25) is 4.79 Å². The van der Waals surface area contributed by atoms with Crippen molar-refractivity contribution in [2.75, 3.05) is 13.1 Å². The molecule has 0 radical (unpaired) electrons. The fourth-order valence-electron chi connectivity index (χ4n) is 1.02. The van der Waals surface area contributed by atoms with Crippen molar-refractivity contribution in [1.82, 2.24) is 15.6 Å². The maximum atomic E-state index is 10.5. The maximum Gasteiger partial charge on any atom is 0.216 e. The highest BCUT2D eigenvalue weighted by atomic mass is 32.1. The molecule has 78 valence electrons. The monoisotopic (exact) mass is 213 g/mol. The third kappa shape index (κ3) is 3.85. The maximum absolute atomic E-state index is 10.5. The van der Waals surface area contributed by atoms with Crippen molar-refractivity contribution < 1.29 is 4.79 Å². The lowest BCUT2D eigenvalue weighted by molar-refractivity contribution is -0.118. The molecule has 1 aromatic heterocycles. The van der Waals surface area contributed by atoms with Crippen LogP contribution in [0.25, 0.3) is 0 Å². The van der Waals surface area contributed by atoms with Gasteiger partial charge in [-0.2, -0.15) is 0 Å². The lowest BCUT2D eigenvalue weighted by atomic mass is 10.4. The molecule has 1 amide bonds. The molecule has 0 aliphatic carbocycles. The molecule has 0 aromatic carbocycles. The first-order chi connectivity index (χ1) is 6.70. The van der Waals surface area contributed by atoms with Crippen LogP contribution in [-0.2, 0) is 11.3 Å². The Morgan fingerprint density at radius 3 is 2.93 bits per heavy atom. The Hall–Kier alpha value is -0.940. The quantitative estimate of drug-likeness (QED) is 0.707. The lowest BCUT2D eigenvalue weighted by Crippen LogP contribution is -2.29. The van der Waals surface area contributed by atoms with E-state index in [0.717, 1.165) is 18.8 Å². The highest BCUT2D eigenvalue weighted by Gasteiger charge is 1.99. The summed E-state index contributed by atoms with van der Waals surface area (Å²) in [5.74, 6) is 0.0146. The number of aryl methyl sites for hydroxylation is 1. The third-order valence-corrected chi connectivity index (χ3v) is 2.74. The topological polar surface area (TPSA) is 54.0 Å². The van der Waals surface area contributed by atoms with Crippen LogP contribution in [0.5, 0.6) is 0 Å². The van der Waals surface area contributed by atoms with E-state index in [1.807, 2.05) is 12.4 Å². The van der Waals surface area contributed by atoms with Gasteiger partial charge in [0.05, 0.1) is 11.2 Å².